The third-order valence-corrected chi connectivity index (χ3v) is 6.86. The topological polar surface area (TPSA) is 57.7 Å². The number of sulfonamides is 1. The quantitative estimate of drug-likeness (QED) is 0.588. The number of amides is 1. The zero-order chi connectivity index (χ0) is 21.0. The normalized spacial score (nSPS) is 11.7. The summed E-state index contributed by atoms with van der Waals surface area (Å²) in [5, 5.41) is 1.88. The van der Waals surface area contributed by atoms with Gasteiger partial charge in [0.15, 0.2) is 0 Å². The maximum atomic E-state index is 13.1. The van der Waals surface area contributed by atoms with Gasteiger partial charge in [0.25, 0.3) is 5.91 Å². The van der Waals surface area contributed by atoms with Gasteiger partial charge in [0.2, 0.25) is 10.0 Å². The van der Waals surface area contributed by atoms with Crippen LogP contribution < -0.4 is 0 Å². The second-order valence-corrected chi connectivity index (χ2v) is 8.99. The summed E-state index contributed by atoms with van der Waals surface area (Å²) >= 11 is 0. The number of hydrogen-bond acceptors (Lipinski definition) is 3. The van der Waals surface area contributed by atoms with Crippen LogP contribution in [-0.4, -0.2) is 43.7 Å². The fourth-order valence-electron chi connectivity index (χ4n) is 3.35. The Labute approximate surface area is 172 Å². The number of hydrogen-bond donors (Lipinski definition) is 0. The lowest BCUT2D eigenvalue weighted by Crippen LogP contribution is -2.30. The Hall–Kier alpha value is -2.70. The molecule has 0 bridgehead atoms. The molecule has 0 aliphatic rings. The Morgan fingerprint density at radius 1 is 0.862 bits per heavy atom. The lowest BCUT2D eigenvalue weighted by molar-refractivity contribution is 0.0773. The second-order valence-electron chi connectivity index (χ2n) is 6.95. The predicted molar refractivity (Wildman–Crippen MR) is 116 cm³/mol. The van der Waals surface area contributed by atoms with E-state index in [0.717, 1.165) is 16.3 Å². The van der Waals surface area contributed by atoms with Crippen molar-refractivity contribution in [1.29, 1.82) is 0 Å². The summed E-state index contributed by atoms with van der Waals surface area (Å²) in [6, 6.07) is 20.0. The fourth-order valence-corrected chi connectivity index (χ4v) is 4.54. The summed E-state index contributed by atoms with van der Waals surface area (Å²) in [6.07, 6.45) is 0. The molecule has 152 valence electrons. The molecule has 0 N–H and O–H groups in total. The van der Waals surface area contributed by atoms with Crippen LogP contribution in [0.2, 0.25) is 0 Å². The standard InChI is InChI=1S/C23H26N2O3S/c1-4-25(5-2)23(26)21-12-8-9-18(15-21)17-24(3)29(27,28)22-14-13-19-10-6-7-11-20(19)16-22/h6-16H,4-5,17H2,1-3H3. The van der Waals surface area contributed by atoms with Crippen LogP contribution in [0.15, 0.2) is 71.6 Å². The van der Waals surface area contributed by atoms with E-state index in [9.17, 15) is 13.2 Å². The maximum absolute atomic E-state index is 13.1. The number of rotatable bonds is 7. The van der Waals surface area contributed by atoms with E-state index in [0.29, 0.717) is 18.7 Å². The van der Waals surface area contributed by atoms with E-state index < -0.39 is 10.0 Å². The minimum absolute atomic E-state index is 0.0445. The zero-order valence-corrected chi connectivity index (χ0v) is 17.8. The average Bonchev–Trinajstić information content (AvgIpc) is 2.74. The lowest BCUT2D eigenvalue weighted by atomic mass is 10.1. The molecule has 0 unspecified atom stereocenters. The molecular formula is C23H26N2O3S. The van der Waals surface area contributed by atoms with Crippen molar-refractivity contribution in [2.45, 2.75) is 25.3 Å². The van der Waals surface area contributed by atoms with Crippen molar-refractivity contribution in [2.75, 3.05) is 20.1 Å². The van der Waals surface area contributed by atoms with E-state index in [1.54, 1.807) is 42.3 Å². The van der Waals surface area contributed by atoms with Gasteiger partial charge >= 0.3 is 0 Å². The van der Waals surface area contributed by atoms with Crippen molar-refractivity contribution in [1.82, 2.24) is 9.21 Å². The second kappa shape index (κ2) is 8.76. The molecule has 3 rings (SSSR count). The van der Waals surface area contributed by atoms with Gasteiger partial charge in [-0.2, -0.15) is 4.31 Å². The Morgan fingerprint density at radius 2 is 1.55 bits per heavy atom. The van der Waals surface area contributed by atoms with Gasteiger partial charge in [0, 0.05) is 32.2 Å². The van der Waals surface area contributed by atoms with Crippen LogP contribution in [0.5, 0.6) is 0 Å². The fraction of sp³-hybridized carbons (Fsp3) is 0.261. The number of carbonyl (C=O) groups excluding carboxylic acids is 1. The van der Waals surface area contributed by atoms with Crippen molar-refractivity contribution < 1.29 is 13.2 Å². The minimum atomic E-state index is -3.65. The summed E-state index contributed by atoms with van der Waals surface area (Å²) in [6.45, 7) is 5.34. The maximum Gasteiger partial charge on any atom is 0.253 e. The van der Waals surface area contributed by atoms with Gasteiger partial charge < -0.3 is 4.90 Å². The van der Waals surface area contributed by atoms with E-state index in [2.05, 4.69) is 0 Å². The Bertz CT molecular complexity index is 1120. The van der Waals surface area contributed by atoms with Crippen LogP contribution in [0.25, 0.3) is 10.8 Å². The number of benzene rings is 3. The number of carbonyl (C=O) groups is 1. The van der Waals surface area contributed by atoms with Crippen LogP contribution in [0.1, 0.15) is 29.8 Å². The first-order valence-electron chi connectivity index (χ1n) is 9.70. The highest BCUT2D eigenvalue weighted by Crippen LogP contribution is 2.22. The van der Waals surface area contributed by atoms with Gasteiger partial charge in [-0.05, 0) is 54.4 Å². The zero-order valence-electron chi connectivity index (χ0n) is 17.0. The van der Waals surface area contributed by atoms with Crippen molar-refractivity contribution in [3.05, 3.63) is 77.9 Å². The van der Waals surface area contributed by atoms with Gasteiger partial charge in [-0.3, -0.25) is 4.79 Å². The molecule has 1 amide bonds. The molecule has 29 heavy (non-hydrogen) atoms. The van der Waals surface area contributed by atoms with Gasteiger partial charge in [0.05, 0.1) is 4.90 Å². The number of nitrogens with zero attached hydrogens (tertiary/aromatic N) is 2. The molecule has 0 saturated carbocycles. The van der Waals surface area contributed by atoms with Crippen molar-refractivity contribution in [3.63, 3.8) is 0 Å². The molecule has 5 nitrogen and oxygen atoms in total. The van der Waals surface area contributed by atoms with Crippen LogP contribution in [0.3, 0.4) is 0 Å². The van der Waals surface area contributed by atoms with E-state index in [4.69, 9.17) is 0 Å². The highest BCUT2D eigenvalue weighted by Gasteiger charge is 2.22. The third kappa shape index (κ3) is 4.49. The molecule has 6 heteroatoms. The molecule has 0 saturated heterocycles. The predicted octanol–water partition coefficient (Wildman–Crippen LogP) is 4.14. The molecule has 0 radical (unpaired) electrons. The molecule has 3 aromatic rings. The first-order chi connectivity index (χ1) is 13.9. The summed E-state index contributed by atoms with van der Waals surface area (Å²) in [5.41, 5.74) is 1.34. The average molecular weight is 411 g/mol. The third-order valence-electron chi connectivity index (χ3n) is 5.06. The summed E-state index contributed by atoms with van der Waals surface area (Å²) in [4.78, 5) is 14.6. The molecule has 0 aromatic heterocycles. The summed E-state index contributed by atoms with van der Waals surface area (Å²) < 4.78 is 27.4. The SMILES string of the molecule is CCN(CC)C(=O)c1cccc(CN(C)S(=O)(=O)c2ccc3ccccc3c2)c1. The van der Waals surface area contributed by atoms with Crippen LogP contribution in [0.4, 0.5) is 0 Å². The minimum Gasteiger partial charge on any atom is -0.339 e. The van der Waals surface area contributed by atoms with Crippen molar-refractivity contribution in [3.8, 4) is 0 Å². The monoisotopic (exact) mass is 410 g/mol. The van der Waals surface area contributed by atoms with Crippen LogP contribution >= 0.6 is 0 Å². The first-order valence-corrected chi connectivity index (χ1v) is 11.1. The molecule has 0 atom stereocenters. The van der Waals surface area contributed by atoms with E-state index in [-0.39, 0.29) is 17.3 Å². The van der Waals surface area contributed by atoms with E-state index in [1.165, 1.54) is 4.31 Å². The summed E-state index contributed by atoms with van der Waals surface area (Å²) in [7, 11) is -2.09. The van der Waals surface area contributed by atoms with E-state index >= 15 is 0 Å². The Balaban J connectivity index is 1.84. The highest BCUT2D eigenvalue weighted by molar-refractivity contribution is 7.89. The van der Waals surface area contributed by atoms with E-state index in [1.807, 2.05) is 50.2 Å². The molecule has 0 aliphatic heterocycles. The van der Waals surface area contributed by atoms with Gasteiger partial charge in [-0.1, -0.05) is 42.5 Å². The van der Waals surface area contributed by atoms with Crippen molar-refractivity contribution in [2.24, 2.45) is 0 Å². The lowest BCUT2D eigenvalue weighted by Gasteiger charge is -2.20. The van der Waals surface area contributed by atoms with Crippen molar-refractivity contribution >= 4 is 26.7 Å². The molecule has 0 aliphatic carbocycles. The Kier molecular flexibility index (Phi) is 6.35. The molecule has 0 spiro atoms. The van der Waals surface area contributed by atoms with Gasteiger partial charge in [-0.15, -0.1) is 0 Å². The van der Waals surface area contributed by atoms with Gasteiger partial charge in [-0.25, -0.2) is 8.42 Å². The Morgan fingerprint density at radius 3 is 2.24 bits per heavy atom. The highest BCUT2D eigenvalue weighted by atomic mass is 32.2. The van der Waals surface area contributed by atoms with Crippen LogP contribution in [-0.2, 0) is 16.6 Å². The molecule has 0 heterocycles. The van der Waals surface area contributed by atoms with Crippen LogP contribution in [0, 0.1) is 0 Å². The van der Waals surface area contributed by atoms with Gasteiger partial charge in [0.1, 0.15) is 0 Å². The molecule has 3 aromatic carbocycles. The smallest absolute Gasteiger partial charge is 0.253 e. The summed E-state index contributed by atoms with van der Waals surface area (Å²) in [5.74, 6) is -0.0445. The molecule has 0 fully saturated rings. The first kappa shape index (κ1) is 21.0. The number of fused-ring (bicyclic) bond motifs is 1. The largest absolute Gasteiger partial charge is 0.339 e. The molecular weight excluding hydrogens is 384 g/mol.